The lowest BCUT2D eigenvalue weighted by Gasteiger charge is -2.22. The van der Waals surface area contributed by atoms with Crippen molar-refractivity contribution in [3.63, 3.8) is 0 Å². The number of rotatable bonds is 2. The summed E-state index contributed by atoms with van der Waals surface area (Å²) in [7, 11) is 0. The molecule has 1 heterocycles. The molecule has 1 aromatic carbocycles. The third-order valence-electron chi connectivity index (χ3n) is 3.24. The van der Waals surface area contributed by atoms with Gasteiger partial charge < -0.3 is 15.3 Å². The number of nitrogens with zero attached hydrogens (tertiary/aromatic N) is 1. The molecule has 2 amide bonds. The highest BCUT2D eigenvalue weighted by atomic mass is 35.5. The van der Waals surface area contributed by atoms with E-state index in [2.05, 4.69) is 5.32 Å². The number of aliphatic carboxylic acids is 1. The number of aryl methyl sites for hydroxylation is 1. The van der Waals surface area contributed by atoms with Crippen LogP contribution in [0.25, 0.3) is 0 Å². The van der Waals surface area contributed by atoms with E-state index in [4.69, 9.17) is 16.7 Å². The van der Waals surface area contributed by atoms with Crippen molar-refractivity contribution in [3.05, 3.63) is 28.8 Å². The number of benzene rings is 1. The lowest BCUT2D eigenvalue weighted by molar-refractivity contribution is -0.141. The molecule has 5 nitrogen and oxygen atoms in total. The predicted molar refractivity (Wildman–Crippen MR) is 72.6 cm³/mol. The normalized spacial score (nSPS) is 18.4. The van der Waals surface area contributed by atoms with Crippen LogP contribution in [0.5, 0.6) is 0 Å². The number of carbonyl (C=O) groups excluding carboxylic acids is 1. The Balaban J connectivity index is 2.12. The Morgan fingerprint density at radius 1 is 1.47 bits per heavy atom. The van der Waals surface area contributed by atoms with Gasteiger partial charge in [-0.05, 0) is 37.5 Å². The van der Waals surface area contributed by atoms with Crippen molar-refractivity contribution in [2.24, 2.45) is 0 Å². The fraction of sp³-hybridized carbons (Fsp3) is 0.385. The van der Waals surface area contributed by atoms with Gasteiger partial charge >= 0.3 is 12.0 Å². The molecule has 2 rings (SSSR count). The topological polar surface area (TPSA) is 69.6 Å². The maximum absolute atomic E-state index is 12.1. The second-order valence-electron chi connectivity index (χ2n) is 4.58. The summed E-state index contributed by atoms with van der Waals surface area (Å²) in [5.41, 5.74) is 1.48. The lowest BCUT2D eigenvalue weighted by Crippen LogP contribution is -2.42. The number of nitrogens with one attached hydrogen (secondary N) is 1. The number of anilines is 1. The Hall–Kier alpha value is -1.75. The lowest BCUT2D eigenvalue weighted by atomic mass is 10.2. The van der Waals surface area contributed by atoms with Crippen LogP contribution in [0.2, 0.25) is 5.02 Å². The third-order valence-corrected chi connectivity index (χ3v) is 3.48. The standard InChI is InChI=1S/C13H15ClN2O3/c1-8-4-5-9(14)7-10(8)15-13(19)16-6-2-3-11(16)12(17)18/h4-5,7,11H,2-3,6H2,1H3,(H,15,19)(H,17,18)/t11-/m1/s1. The molecule has 1 atom stereocenters. The van der Waals surface area contributed by atoms with Crippen LogP contribution >= 0.6 is 11.6 Å². The second kappa shape index (κ2) is 5.48. The molecule has 2 N–H and O–H groups in total. The molecular weight excluding hydrogens is 268 g/mol. The average molecular weight is 283 g/mol. The summed E-state index contributed by atoms with van der Waals surface area (Å²) >= 11 is 5.88. The molecule has 1 aromatic rings. The summed E-state index contributed by atoms with van der Waals surface area (Å²) < 4.78 is 0. The van der Waals surface area contributed by atoms with Gasteiger partial charge in [0.1, 0.15) is 6.04 Å². The monoisotopic (exact) mass is 282 g/mol. The van der Waals surface area contributed by atoms with Crippen molar-refractivity contribution in [2.75, 3.05) is 11.9 Å². The van der Waals surface area contributed by atoms with Gasteiger partial charge in [0.15, 0.2) is 0 Å². The number of urea groups is 1. The number of carboxylic acid groups (broad SMARTS) is 1. The highest BCUT2D eigenvalue weighted by Crippen LogP contribution is 2.23. The molecule has 6 heteroatoms. The molecule has 0 aromatic heterocycles. The highest BCUT2D eigenvalue weighted by Gasteiger charge is 2.34. The van der Waals surface area contributed by atoms with Crippen molar-refractivity contribution in [3.8, 4) is 0 Å². The molecule has 0 radical (unpaired) electrons. The minimum absolute atomic E-state index is 0.393. The maximum Gasteiger partial charge on any atom is 0.326 e. The summed E-state index contributed by atoms with van der Waals surface area (Å²) in [4.78, 5) is 24.5. The quantitative estimate of drug-likeness (QED) is 0.876. The van der Waals surface area contributed by atoms with Crippen LogP contribution in [0.15, 0.2) is 18.2 Å². The number of carboxylic acids is 1. The first-order valence-corrected chi connectivity index (χ1v) is 6.43. The van der Waals surface area contributed by atoms with E-state index in [1.807, 2.05) is 6.92 Å². The van der Waals surface area contributed by atoms with E-state index in [1.165, 1.54) is 4.90 Å². The molecule has 0 saturated carbocycles. The van der Waals surface area contributed by atoms with Gasteiger partial charge in [-0.2, -0.15) is 0 Å². The van der Waals surface area contributed by atoms with Crippen LogP contribution in [-0.4, -0.2) is 34.6 Å². The molecule has 102 valence electrons. The van der Waals surface area contributed by atoms with E-state index in [-0.39, 0.29) is 0 Å². The van der Waals surface area contributed by atoms with Gasteiger partial charge in [0.2, 0.25) is 0 Å². The molecule has 0 aliphatic carbocycles. The van der Waals surface area contributed by atoms with Crippen LogP contribution < -0.4 is 5.32 Å². The van der Waals surface area contributed by atoms with Crippen LogP contribution in [0.1, 0.15) is 18.4 Å². The van der Waals surface area contributed by atoms with Crippen LogP contribution in [-0.2, 0) is 4.79 Å². The Kier molecular flexibility index (Phi) is 3.95. The van der Waals surface area contributed by atoms with E-state index in [9.17, 15) is 9.59 Å². The summed E-state index contributed by atoms with van der Waals surface area (Å²) in [6.45, 7) is 2.31. The van der Waals surface area contributed by atoms with Gasteiger partial charge in [0.25, 0.3) is 0 Å². The number of hydrogen-bond acceptors (Lipinski definition) is 2. The summed E-state index contributed by atoms with van der Waals surface area (Å²) in [5.74, 6) is -0.963. The summed E-state index contributed by atoms with van der Waals surface area (Å²) in [6, 6.07) is 4.06. The Bertz CT molecular complexity index is 519. The molecule has 19 heavy (non-hydrogen) atoms. The highest BCUT2D eigenvalue weighted by molar-refractivity contribution is 6.31. The molecule has 0 unspecified atom stereocenters. The number of hydrogen-bond donors (Lipinski definition) is 2. The maximum atomic E-state index is 12.1. The van der Waals surface area contributed by atoms with Gasteiger partial charge in [-0.15, -0.1) is 0 Å². The summed E-state index contributed by atoms with van der Waals surface area (Å²) in [5, 5.41) is 12.3. The number of amides is 2. The Morgan fingerprint density at radius 2 is 2.21 bits per heavy atom. The van der Waals surface area contributed by atoms with Gasteiger partial charge in [-0.1, -0.05) is 17.7 Å². The fourth-order valence-corrected chi connectivity index (χ4v) is 2.35. The first-order valence-electron chi connectivity index (χ1n) is 6.05. The first-order chi connectivity index (χ1) is 8.99. The largest absolute Gasteiger partial charge is 0.480 e. The molecule has 1 saturated heterocycles. The van der Waals surface area contributed by atoms with Crippen LogP contribution in [0, 0.1) is 6.92 Å². The van der Waals surface area contributed by atoms with Gasteiger partial charge in [0, 0.05) is 17.3 Å². The van der Waals surface area contributed by atoms with Crippen molar-refractivity contribution >= 4 is 29.3 Å². The number of halogens is 1. The zero-order chi connectivity index (χ0) is 14.0. The SMILES string of the molecule is Cc1ccc(Cl)cc1NC(=O)N1CCC[C@@H]1C(=O)O. The Labute approximate surface area is 116 Å². The van der Waals surface area contributed by atoms with E-state index in [0.29, 0.717) is 30.1 Å². The van der Waals surface area contributed by atoms with E-state index in [1.54, 1.807) is 18.2 Å². The van der Waals surface area contributed by atoms with Gasteiger partial charge in [0.05, 0.1) is 0 Å². The fourth-order valence-electron chi connectivity index (χ4n) is 2.18. The zero-order valence-electron chi connectivity index (χ0n) is 10.5. The first kappa shape index (κ1) is 13.7. The summed E-state index contributed by atoms with van der Waals surface area (Å²) in [6.07, 6.45) is 1.20. The molecular formula is C13H15ClN2O3. The molecule has 0 spiro atoms. The number of carbonyl (C=O) groups is 2. The minimum atomic E-state index is -0.963. The van der Waals surface area contributed by atoms with Crippen LogP contribution in [0.3, 0.4) is 0 Å². The minimum Gasteiger partial charge on any atom is -0.480 e. The van der Waals surface area contributed by atoms with Crippen molar-refractivity contribution in [2.45, 2.75) is 25.8 Å². The smallest absolute Gasteiger partial charge is 0.326 e. The van der Waals surface area contributed by atoms with E-state index < -0.39 is 18.0 Å². The zero-order valence-corrected chi connectivity index (χ0v) is 11.3. The predicted octanol–water partition coefficient (Wildman–Crippen LogP) is 2.73. The molecule has 1 aliphatic heterocycles. The van der Waals surface area contributed by atoms with E-state index >= 15 is 0 Å². The van der Waals surface area contributed by atoms with Gasteiger partial charge in [-0.3, -0.25) is 0 Å². The van der Waals surface area contributed by atoms with E-state index in [0.717, 1.165) is 5.56 Å². The molecule has 0 bridgehead atoms. The van der Waals surface area contributed by atoms with Crippen molar-refractivity contribution in [1.29, 1.82) is 0 Å². The van der Waals surface area contributed by atoms with Crippen molar-refractivity contribution in [1.82, 2.24) is 4.90 Å². The van der Waals surface area contributed by atoms with Gasteiger partial charge in [-0.25, -0.2) is 9.59 Å². The van der Waals surface area contributed by atoms with Crippen LogP contribution in [0.4, 0.5) is 10.5 Å². The average Bonchev–Trinajstić information content (AvgIpc) is 2.83. The Morgan fingerprint density at radius 3 is 2.89 bits per heavy atom. The molecule has 1 fully saturated rings. The second-order valence-corrected chi connectivity index (χ2v) is 5.02. The third kappa shape index (κ3) is 2.98. The molecule has 1 aliphatic rings. The number of likely N-dealkylation sites (tertiary alicyclic amines) is 1. The van der Waals surface area contributed by atoms with Crippen molar-refractivity contribution < 1.29 is 14.7 Å².